The van der Waals surface area contributed by atoms with E-state index in [1.54, 1.807) is 0 Å². The zero-order chi connectivity index (χ0) is 12.4. The standard InChI is InChI=1S/C14H17NO3/c16-15-14-4-1-10-9-12(2-3-13(10)14)18-11-5-7-17-8-6-11/h2-3,9,11,16H,1,4-8H2/b15-14-. The van der Waals surface area contributed by atoms with Gasteiger partial charge >= 0.3 is 0 Å². The molecule has 1 aliphatic carbocycles. The van der Waals surface area contributed by atoms with E-state index in [4.69, 9.17) is 14.7 Å². The highest BCUT2D eigenvalue weighted by Crippen LogP contribution is 2.28. The molecule has 3 rings (SSSR count). The van der Waals surface area contributed by atoms with Crippen molar-refractivity contribution < 1.29 is 14.7 Å². The fraction of sp³-hybridized carbons (Fsp3) is 0.500. The SMILES string of the molecule is O/N=C1/CCc2cc(OC3CCOCC3)ccc21. The number of hydrogen-bond acceptors (Lipinski definition) is 4. The van der Waals surface area contributed by atoms with Crippen LogP contribution in [-0.4, -0.2) is 30.2 Å². The molecule has 0 spiro atoms. The highest BCUT2D eigenvalue weighted by atomic mass is 16.5. The van der Waals surface area contributed by atoms with Crippen molar-refractivity contribution in [2.24, 2.45) is 5.16 Å². The Balaban J connectivity index is 1.75. The van der Waals surface area contributed by atoms with Crippen molar-refractivity contribution in [3.8, 4) is 5.75 Å². The molecule has 0 saturated carbocycles. The second-order valence-electron chi connectivity index (χ2n) is 4.80. The minimum absolute atomic E-state index is 0.268. The lowest BCUT2D eigenvalue weighted by atomic mass is 10.1. The summed E-state index contributed by atoms with van der Waals surface area (Å²) < 4.78 is 11.3. The summed E-state index contributed by atoms with van der Waals surface area (Å²) in [5, 5.41) is 12.2. The van der Waals surface area contributed by atoms with Crippen LogP contribution in [0.4, 0.5) is 0 Å². The lowest BCUT2D eigenvalue weighted by Crippen LogP contribution is -2.25. The Morgan fingerprint density at radius 3 is 2.83 bits per heavy atom. The van der Waals surface area contributed by atoms with Gasteiger partial charge in [0.1, 0.15) is 11.9 Å². The number of hydrogen-bond donors (Lipinski definition) is 1. The first-order valence-electron chi connectivity index (χ1n) is 6.45. The number of rotatable bonds is 2. The summed E-state index contributed by atoms with van der Waals surface area (Å²) in [5.41, 5.74) is 3.05. The molecule has 0 aromatic heterocycles. The van der Waals surface area contributed by atoms with E-state index in [2.05, 4.69) is 11.2 Å². The molecule has 0 atom stereocenters. The van der Waals surface area contributed by atoms with Crippen LogP contribution in [0.1, 0.15) is 30.4 Å². The Bertz CT molecular complexity index is 464. The van der Waals surface area contributed by atoms with Gasteiger partial charge in [-0.2, -0.15) is 0 Å². The lowest BCUT2D eigenvalue weighted by Gasteiger charge is -2.23. The molecule has 2 aliphatic rings. The third-order valence-corrected chi connectivity index (χ3v) is 3.61. The fourth-order valence-corrected chi connectivity index (χ4v) is 2.61. The number of ether oxygens (including phenoxy) is 2. The van der Waals surface area contributed by atoms with Gasteiger partial charge in [0.2, 0.25) is 0 Å². The normalized spacial score (nSPS) is 22.1. The zero-order valence-corrected chi connectivity index (χ0v) is 10.3. The number of benzene rings is 1. The van der Waals surface area contributed by atoms with E-state index in [0.29, 0.717) is 0 Å². The molecular weight excluding hydrogens is 230 g/mol. The Morgan fingerprint density at radius 2 is 2.06 bits per heavy atom. The van der Waals surface area contributed by atoms with Crippen LogP contribution in [0.3, 0.4) is 0 Å². The zero-order valence-electron chi connectivity index (χ0n) is 10.3. The van der Waals surface area contributed by atoms with Gasteiger partial charge in [0.05, 0.1) is 18.9 Å². The van der Waals surface area contributed by atoms with Gasteiger partial charge in [0.25, 0.3) is 0 Å². The van der Waals surface area contributed by atoms with Crippen LogP contribution in [0, 0.1) is 0 Å². The van der Waals surface area contributed by atoms with Gasteiger partial charge < -0.3 is 14.7 Å². The first-order chi connectivity index (χ1) is 8.86. The van der Waals surface area contributed by atoms with E-state index < -0.39 is 0 Å². The molecule has 0 bridgehead atoms. The minimum Gasteiger partial charge on any atom is -0.490 e. The fourth-order valence-electron chi connectivity index (χ4n) is 2.61. The van der Waals surface area contributed by atoms with Crippen molar-refractivity contribution >= 4 is 5.71 Å². The monoisotopic (exact) mass is 247 g/mol. The Morgan fingerprint density at radius 1 is 1.22 bits per heavy atom. The smallest absolute Gasteiger partial charge is 0.120 e. The number of oxime groups is 1. The molecule has 0 unspecified atom stereocenters. The van der Waals surface area contributed by atoms with Crippen molar-refractivity contribution in [2.75, 3.05) is 13.2 Å². The Hall–Kier alpha value is -1.55. The van der Waals surface area contributed by atoms with Crippen molar-refractivity contribution in [1.29, 1.82) is 0 Å². The predicted molar refractivity (Wildman–Crippen MR) is 67.6 cm³/mol. The molecule has 1 N–H and O–H groups in total. The van der Waals surface area contributed by atoms with Crippen LogP contribution in [0.2, 0.25) is 0 Å². The highest BCUT2D eigenvalue weighted by molar-refractivity contribution is 6.04. The maximum absolute atomic E-state index is 8.89. The van der Waals surface area contributed by atoms with Gasteiger partial charge in [-0.15, -0.1) is 0 Å². The van der Waals surface area contributed by atoms with Gasteiger partial charge in [-0.05, 0) is 36.6 Å². The molecule has 0 amide bonds. The first-order valence-corrected chi connectivity index (χ1v) is 6.45. The van der Waals surface area contributed by atoms with Crippen molar-refractivity contribution in [3.63, 3.8) is 0 Å². The molecular formula is C14H17NO3. The third kappa shape index (κ3) is 2.20. The van der Waals surface area contributed by atoms with Crippen LogP contribution >= 0.6 is 0 Å². The highest BCUT2D eigenvalue weighted by Gasteiger charge is 2.20. The maximum atomic E-state index is 8.89. The molecule has 0 radical (unpaired) electrons. The van der Waals surface area contributed by atoms with E-state index in [1.165, 1.54) is 5.56 Å². The number of nitrogens with zero attached hydrogens (tertiary/aromatic N) is 1. The van der Waals surface area contributed by atoms with E-state index >= 15 is 0 Å². The van der Waals surface area contributed by atoms with Gasteiger partial charge in [0, 0.05) is 18.4 Å². The molecule has 1 fully saturated rings. The second-order valence-corrected chi connectivity index (χ2v) is 4.80. The second kappa shape index (κ2) is 4.98. The van der Waals surface area contributed by atoms with Gasteiger partial charge in [-0.1, -0.05) is 5.16 Å². The largest absolute Gasteiger partial charge is 0.490 e. The molecule has 1 heterocycles. The maximum Gasteiger partial charge on any atom is 0.120 e. The number of fused-ring (bicyclic) bond motifs is 1. The predicted octanol–water partition coefficient (Wildman–Crippen LogP) is 2.37. The summed E-state index contributed by atoms with van der Waals surface area (Å²) in [6.07, 6.45) is 3.93. The summed E-state index contributed by atoms with van der Waals surface area (Å²) in [6.45, 7) is 1.58. The lowest BCUT2D eigenvalue weighted by molar-refractivity contribution is 0.0255. The first kappa shape index (κ1) is 11.5. The van der Waals surface area contributed by atoms with Crippen LogP contribution in [0.15, 0.2) is 23.4 Å². The van der Waals surface area contributed by atoms with E-state index in [-0.39, 0.29) is 6.10 Å². The van der Waals surface area contributed by atoms with Crippen LogP contribution in [0.5, 0.6) is 5.75 Å². The quantitative estimate of drug-likeness (QED) is 0.644. The molecule has 1 aromatic carbocycles. The van der Waals surface area contributed by atoms with E-state index in [1.807, 2.05) is 12.1 Å². The molecule has 96 valence electrons. The summed E-state index contributed by atoms with van der Waals surface area (Å²) >= 11 is 0. The van der Waals surface area contributed by atoms with Gasteiger partial charge in [0.15, 0.2) is 0 Å². The average Bonchev–Trinajstić information content (AvgIpc) is 2.82. The molecule has 4 nitrogen and oxygen atoms in total. The molecule has 1 aromatic rings. The third-order valence-electron chi connectivity index (χ3n) is 3.61. The Kier molecular flexibility index (Phi) is 3.19. The summed E-state index contributed by atoms with van der Waals surface area (Å²) in [6, 6.07) is 6.03. The van der Waals surface area contributed by atoms with Crippen LogP contribution < -0.4 is 4.74 Å². The topological polar surface area (TPSA) is 51.1 Å². The summed E-state index contributed by atoms with van der Waals surface area (Å²) in [7, 11) is 0. The van der Waals surface area contributed by atoms with Gasteiger partial charge in [-0.25, -0.2) is 0 Å². The number of aryl methyl sites for hydroxylation is 1. The van der Waals surface area contributed by atoms with Crippen molar-refractivity contribution in [2.45, 2.75) is 31.8 Å². The van der Waals surface area contributed by atoms with E-state index in [0.717, 1.165) is 55.9 Å². The van der Waals surface area contributed by atoms with Crippen LogP contribution in [0.25, 0.3) is 0 Å². The van der Waals surface area contributed by atoms with Crippen molar-refractivity contribution in [1.82, 2.24) is 0 Å². The van der Waals surface area contributed by atoms with E-state index in [9.17, 15) is 0 Å². The Labute approximate surface area is 106 Å². The summed E-state index contributed by atoms with van der Waals surface area (Å²) in [5.74, 6) is 0.917. The van der Waals surface area contributed by atoms with Gasteiger partial charge in [-0.3, -0.25) is 0 Å². The minimum atomic E-state index is 0.268. The average molecular weight is 247 g/mol. The molecule has 4 heteroatoms. The molecule has 1 saturated heterocycles. The molecule has 18 heavy (non-hydrogen) atoms. The van der Waals surface area contributed by atoms with Crippen molar-refractivity contribution in [3.05, 3.63) is 29.3 Å². The van der Waals surface area contributed by atoms with Crippen LogP contribution in [-0.2, 0) is 11.2 Å². The molecule has 1 aliphatic heterocycles. The summed E-state index contributed by atoms with van der Waals surface area (Å²) in [4.78, 5) is 0.